The maximum atomic E-state index is 12.0. The van der Waals surface area contributed by atoms with Gasteiger partial charge in [-0.1, -0.05) is 83.8 Å². The zero-order valence-electron chi connectivity index (χ0n) is 18.9. The molecule has 0 aliphatic carbocycles. The zero-order chi connectivity index (χ0) is 21.0. The summed E-state index contributed by atoms with van der Waals surface area (Å²) in [6.45, 7) is 6.23. The Hall–Kier alpha value is -1.16. The number of nitrogens with two attached hydrogens (primary N) is 1. The van der Waals surface area contributed by atoms with Crippen LogP contribution in [0.2, 0.25) is 0 Å². The summed E-state index contributed by atoms with van der Waals surface area (Å²) in [5, 5.41) is 1.23. The highest BCUT2D eigenvalue weighted by Crippen LogP contribution is 2.11. The van der Waals surface area contributed by atoms with Crippen LogP contribution in [0.15, 0.2) is 12.2 Å². The molecule has 2 N–H and O–H groups in total. The summed E-state index contributed by atoms with van der Waals surface area (Å²) in [7, 11) is 0. The zero-order valence-corrected chi connectivity index (χ0v) is 18.9. The van der Waals surface area contributed by atoms with Crippen LogP contribution in [0.1, 0.15) is 117 Å². The molecule has 164 valence electrons. The van der Waals surface area contributed by atoms with Crippen molar-refractivity contribution in [2.75, 3.05) is 6.54 Å². The molecule has 1 amide bonds. The Morgan fingerprint density at radius 3 is 1.75 bits per heavy atom. The van der Waals surface area contributed by atoms with E-state index >= 15 is 0 Å². The molecule has 0 aromatic rings. The van der Waals surface area contributed by atoms with Gasteiger partial charge in [0.05, 0.1) is 5.92 Å². The summed E-state index contributed by atoms with van der Waals surface area (Å²) < 4.78 is 0. The molecule has 0 aromatic heterocycles. The van der Waals surface area contributed by atoms with E-state index in [0.717, 1.165) is 12.8 Å². The first kappa shape index (κ1) is 26.8. The van der Waals surface area contributed by atoms with Crippen molar-refractivity contribution in [1.29, 1.82) is 0 Å². The maximum Gasteiger partial charge on any atom is 0.246 e. The summed E-state index contributed by atoms with van der Waals surface area (Å²) in [6, 6.07) is 0. The second kappa shape index (κ2) is 19.2. The van der Waals surface area contributed by atoms with Crippen molar-refractivity contribution in [3.8, 4) is 0 Å². The lowest BCUT2D eigenvalue weighted by Gasteiger charge is -2.19. The Balaban J connectivity index is 3.44. The van der Waals surface area contributed by atoms with Gasteiger partial charge in [0.2, 0.25) is 5.91 Å². The van der Waals surface area contributed by atoms with Crippen LogP contribution in [0.4, 0.5) is 0 Å². The van der Waals surface area contributed by atoms with E-state index in [0.29, 0.717) is 13.0 Å². The Kier molecular flexibility index (Phi) is 18.4. The maximum absolute atomic E-state index is 12.0. The lowest BCUT2D eigenvalue weighted by molar-refractivity contribution is -0.140. The topological polar surface area (TPSA) is 63.4 Å². The number of rotatable bonds is 19. The number of carbonyl (C=O) groups excluding carboxylic acids is 2. The standard InChI is InChI=1S/C24H46N2O2/c1-4-6-7-8-9-10-11-12-13-14-15-16-17-18-19-20-21-26(25)24(28)22(3)23(27)5-2/h12-13,22H,4-11,14-21,25H2,1-3H3/b13-12-. The Bertz CT molecular complexity index is 421. The lowest BCUT2D eigenvalue weighted by atomic mass is 10.0. The van der Waals surface area contributed by atoms with E-state index in [9.17, 15) is 9.59 Å². The molecule has 4 heteroatoms. The normalized spacial score (nSPS) is 12.4. The second-order valence-corrected chi connectivity index (χ2v) is 8.01. The van der Waals surface area contributed by atoms with Crippen molar-refractivity contribution in [3.63, 3.8) is 0 Å². The molecule has 0 bridgehead atoms. The number of carbonyl (C=O) groups is 2. The van der Waals surface area contributed by atoms with E-state index in [1.165, 1.54) is 82.1 Å². The number of Topliss-reactive ketones (excluding diaryl/α,β-unsaturated/α-hetero) is 1. The van der Waals surface area contributed by atoms with Crippen molar-refractivity contribution in [2.24, 2.45) is 11.8 Å². The average Bonchev–Trinajstić information content (AvgIpc) is 2.71. The molecular weight excluding hydrogens is 348 g/mol. The van der Waals surface area contributed by atoms with Gasteiger partial charge in [-0.2, -0.15) is 0 Å². The van der Waals surface area contributed by atoms with Crippen LogP contribution in [-0.4, -0.2) is 23.2 Å². The molecule has 0 aliphatic heterocycles. The molecule has 1 unspecified atom stereocenters. The summed E-state index contributed by atoms with van der Waals surface area (Å²) in [5.74, 6) is 4.90. The second-order valence-electron chi connectivity index (χ2n) is 8.01. The molecule has 0 heterocycles. The fraction of sp³-hybridized carbons (Fsp3) is 0.833. The van der Waals surface area contributed by atoms with E-state index < -0.39 is 5.92 Å². The van der Waals surface area contributed by atoms with E-state index in [4.69, 9.17) is 5.84 Å². The smallest absolute Gasteiger partial charge is 0.246 e. The van der Waals surface area contributed by atoms with Gasteiger partial charge in [-0.15, -0.1) is 0 Å². The van der Waals surface area contributed by atoms with Crippen LogP contribution in [-0.2, 0) is 9.59 Å². The van der Waals surface area contributed by atoms with Gasteiger partial charge in [-0.3, -0.25) is 14.6 Å². The number of hydrogen-bond acceptors (Lipinski definition) is 3. The lowest BCUT2D eigenvalue weighted by Crippen LogP contribution is -2.43. The highest BCUT2D eigenvalue weighted by atomic mass is 16.2. The predicted octanol–water partition coefficient (Wildman–Crippen LogP) is 6.34. The number of hydrogen-bond donors (Lipinski definition) is 1. The molecule has 0 spiro atoms. The molecule has 1 atom stereocenters. The van der Waals surface area contributed by atoms with Gasteiger partial charge in [0.25, 0.3) is 0 Å². The summed E-state index contributed by atoms with van der Waals surface area (Å²) >= 11 is 0. The highest BCUT2D eigenvalue weighted by Gasteiger charge is 2.23. The molecule has 0 aromatic carbocycles. The van der Waals surface area contributed by atoms with Crippen molar-refractivity contribution in [2.45, 2.75) is 117 Å². The van der Waals surface area contributed by atoms with Crippen LogP contribution >= 0.6 is 0 Å². The molecule has 4 nitrogen and oxygen atoms in total. The average molecular weight is 395 g/mol. The van der Waals surface area contributed by atoms with Gasteiger partial charge in [-0.05, 0) is 39.0 Å². The van der Waals surface area contributed by atoms with E-state index in [1.807, 2.05) is 0 Å². The third-order valence-corrected chi connectivity index (χ3v) is 5.40. The van der Waals surface area contributed by atoms with Crippen LogP contribution in [0.25, 0.3) is 0 Å². The molecule has 28 heavy (non-hydrogen) atoms. The summed E-state index contributed by atoms with van der Waals surface area (Å²) in [5.41, 5.74) is 0. The molecule has 0 aliphatic rings. The number of unbranched alkanes of at least 4 members (excludes halogenated alkanes) is 12. The minimum atomic E-state index is -0.607. The van der Waals surface area contributed by atoms with Crippen molar-refractivity contribution in [1.82, 2.24) is 5.01 Å². The summed E-state index contributed by atoms with van der Waals surface area (Å²) in [4.78, 5) is 23.6. The van der Waals surface area contributed by atoms with E-state index in [1.54, 1.807) is 13.8 Å². The van der Waals surface area contributed by atoms with Crippen LogP contribution < -0.4 is 5.84 Å². The van der Waals surface area contributed by atoms with Gasteiger partial charge in [0, 0.05) is 13.0 Å². The van der Waals surface area contributed by atoms with Gasteiger partial charge < -0.3 is 0 Å². The fourth-order valence-corrected chi connectivity index (χ4v) is 3.33. The minimum Gasteiger partial charge on any atom is -0.299 e. The van der Waals surface area contributed by atoms with Crippen molar-refractivity contribution >= 4 is 11.7 Å². The number of amides is 1. The number of ketones is 1. The molecule has 0 rings (SSSR count). The third-order valence-electron chi connectivity index (χ3n) is 5.40. The fourth-order valence-electron chi connectivity index (χ4n) is 3.33. The number of nitrogens with zero attached hydrogens (tertiary/aromatic N) is 1. The largest absolute Gasteiger partial charge is 0.299 e. The third kappa shape index (κ3) is 14.8. The SMILES string of the molecule is CCCCCCCC/C=C\CCCCCCCCN(N)C(=O)C(C)C(=O)CC. The van der Waals surface area contributed by atoms with Crippen LogP contribution in [0.3, 0.4) is 0 Å². The van der Waals surface area contributed by atoms with E-state index in [2.05, 4.69) is 19.1 Å². The molecule has 0 radical (unpaired) electrons. The van der Waals surface area contributed by atoms with Gasteiger partial charge in [-0.25, -0.2) is 5.84 Å². The molecule has 0 saturated heterocycles. The monoisotopic (exact) mass is 394 g/mol. The first-order valence-electron chi connectivity index (χ1n) is 11.8. The predicted molar refractivity (Wildman–Crippen MR) is 120 cm³/mol. The minimum absolute atomic E-state index is 0.0403. The van der Waals surface area contributed by atoms with Crippen molar-refractivity contribution < 1.29 is 9.59 Å². The van der Waals surface area contributed by atoms with Gasteiger partial charge in [0.1, 0.15) is 5.78 Å². The van der Waals surface area contributed by atoms with Gasteiger partial charge in [0.15, 0.2) is 0 Å². The highest BCUT2D eigenvalue weighted by molar-refractivity contribution is 6.00. The molecule has 0 saturated carbocycles. The molecular formula is C24H46N2O2. The Morgan fingerprint density at radius 2 is 1.25 bits per heavy atom. The van der Waals surface area contributed by atoms with Gasteiger partial charge >= 0.3 is 0 Å². The quantitative estimate of drug-likeness (QED) is 0.0694. The Morgan fingerprint density at radius 1 is 0.786 bits per heavy atom. The first-order valence-corrected chi connectivity index (χ1v) is 11.8. The van der Waals surface area contributed by atoms with Crippen LogP contribution in [0.5, 0.6) is 0 Å². The summed E-state index contributed by atoms with van der Waals surface area (Å²) in [6.07, 6.45) is 22.7. The molecule has 0 fully saturated rings. The van der Waals surface area contributed by atoms with Crippen LogP contribution in [0, 0.1) is 5.92 Å². The number of allylic oxidation sites excluding steroid dienone is 2. The first-order chi connectivity index (χ1) is 13.5. The van der Waals surface area contributed by atoms with E-state index in [-0.39, 0.29) is 11.7 Å². The number of hydrazine groups is 1. The van der Waals surface area contributed by atoms with Crippen molar-refractivity contribution in [3.05, 3.63) is 12.2 Å². The Labute approximate surface area is 174 Å².